The predicted molar refractivity (Wildman–Crippen MR) is 125 cm³/mol. The second-order valence-corrected chi connectivity index (χ2v) is 8.33. The molecule has 4 aromatic rings. The molecule has 162 valence electrons. The number of hydrogen-bond acceptors (Lipinski definition) is 4. The minimum atomic E-state index is -0.724. The Morgan fingerprint density at radius 2 is 1.91 bits per heavy atom. The van der Waals surface area contributed by atoms with Crippen molar-refractivity contribution in [3.8, 4) is 16.9 Å². The van der Waals surface area contributed by atoms with E-state index in [4.69, 9.17) is 25.7 Å². The molecule has 5 nitrogen and oxygen atoms in total. The molecule has 1 fully saturated rings. The van der Waals surface area contributed by atoms with Gasteiger partial charge in [-0.3, -0.25) is 4.79 Å². The highest BCUT2D eigenvalue weighted by atomic mass is 35.5. The molecule has 32 heavy (non-hydrogen) atoms. The zero-order chi connectivity index (χ0) is 22.1. The smallest absolute Gasteiger partial charge is 0.245 e. The topological polar surface area (TPSA) is 55.6 Å². The summed E-state index contributed by atoms with van der Waals surface area (Å²) in [5.41, 5.74) is 4.24. The lowest BCUT2D eigenvalue weighted by Crippen LogP contribution is -2.33. The summed E-state index contributed by atoms with van der Waals surface area (Å²) in [4.78, 5) is 19.7. The number of carbonyl (C=O) groups is 1. The molecular formula is C26H23ClN2O3. The Kier molecular flexibility index (Phi) is 5.58. The SMILES string of the molecule is COc1ccccc1-c1ccc2oc([C@@H]3CCCN3C(=O)[C@@H](Cl)c3ccccc3)nc2c1. The Morgan fingerprint density at radius 1 is 1.12 bits per heavy atom. The number of likely N-dealkylation sites (tertiary alicyclic amines) is 1. The number of methoxy groups -OCH3 is 1. The molecule has 1 aliphatic heterocycles. The lowest BCUT2D eigenvalue weighted by atomic mass is 10.0. The van der Waals surface area contributed by atoms with Gasteiger partial charge in [0.1, 0.15) is 22.7 Å². The molecule has 2 heterocycles. The number of ether oxygens (including phenoxy) is 1. The highest BCUT2D eigenvalue weighted by Crippen LogP contribution is 2.38. The number of oxazole rings is 1. The van der Waals surface area contributed by atoms with E-state index in [0.717, 1.165) is 40.8 Å². The molecular weight excluding hydrogens is 424 g/mol. The van der Waals surface area contributed by atoms with E-state index < -0.39 is 5.38 Å². The van der Waals surface area contributed by atoms with Crippen molar-refractivity contribution in [2.75, 3.05) is 13.7 Å². The minimum absolute atomic E-state index is 0.114. The van der Waals surface area contributed by atoms with Crippen LogP contribution in [0.1, 0.15) is 35.7 Å². The highest BCUT2D eigenvalue weighted by Gasteiger charge is 2.36. The largest absolute Gasteiger partial charge is 0.496 e. The van der Waals surface area contributed by atoms with E-state index in [9.17, 15) is 4.79 Å². The van der Waals surface area contributed by atoms with Crippen LogP contribution >= 0.6 is 11.6 Å². The molecule has 0 spiro atoms. The van der Waals surface area contributed by atoms with Gasteiger partial charge in [-0.15, -0.1) is 11.6 Å². The summed E-state index contributed by atoms with van der Waals surface area (Å²) in [7, 11) is 1.66. The van der Waals surface area contributed by atoms with Gasteiger partial charge in [-0.2, -0.15) is 0 Å². The van der Waals surface area contributed by atoms with E-state index in [2.05, 4.69) is 0 Å². The zero-order valence-electron chi connectivity index (χ0n) is 17.7. The number of hydrogen-bond donors (Lipinski definition) is 0. The molecule has 0 saturated carbocycles. The van der Waals surface area contributed by atoms with Crippen LogP contribution in [0.25, 0.3) is 22.2 Å². The number of alkyl halides is 1. The van der Waals surface area contributed by atoms with Crippen LogP contribution in [0, 0.1) is 0 Å². The first-order valence-corrected chi connectivity index (χ1v) is 11.1. The number of para-hydroxylation sites is 1. The summed E-state index contributed by atoms with van der Waals surface area (Å²) in [5.74, 6) is 1.24. The first kappa shape index (κ1) is 20.6. The number of aromatic nitrogens is 1. The molecule has 1 aliphatic rings. The molecule has 0 unspecified atom stereocenters. The summed E-state index contributed by atoms with van der Waals surface area (Å²) in [6, 6.07) is 23.0. The minimum Gasteiger partial charge on any atom is -0.496 e. The monoisotopic (exact) mass is 446 g/mol. The number of amides is 1. The van der Waals surface area contributed by atoms with Crippen LogP contribution in [0.3, 0.4) is 0 Å². The summed E-state index contributed by atoms with van der Waals surface area (Å²) >= 11 is 6.53. The van der Waals surface area contributed by atoms with Gasteiger partial charge in [-0.25, -0.2) is 4.98 Å². The van der Waals surface area contributed by atoms with Gasteiger partial charge >= 0.3 is 0 Å². The van der Waals surface area contributed by atoms with E-state index >= 15 is 0 Å². The number of benzene rings is 3. The summed E-state index contributed by atoms with van der Waals surface area (Å²) < 4.78 is 11.6. The van der Waals surface area contributed by atoms with Crippen molar-refractivity contribution in [1.29, 1.82) is 0 Å². The highest BCUT2D eigenvalue weighted by molar-refractivity contribution is 6.30. The number of nitrogens with zero attached hydrogens (tertiary/aromatic N) is 2. The summed E-state index contributed by atoms with van der Waals surface area (Å²) in [5, 5.41) is -0.724. The lowest BCUT2D eigenvalue weighted by molar-refractivity contribution is -0.132. The van der Waals surface area contributed by atoms with Gasteiger partial charge < -0.3 is 14.1 Å². The van der Waals surface area contributed by atoms with Crippen molar-refractivity contribution in [1.82, 2.24) is 9.88 Å². The van der Waals surface area contributed by atoms with Crippen LogP contribution in [0.5, 0.6) is 5.75 Å². The molecule has 2 atom stereocenters. The van der Waals surface area contributed by atoms with Gasteiger partial charge in [0.25, 0.3) is 0 Å². The molecule has 6 heteroatoms. The van der Waals surface area contributed by atoms with Crippen molar-refractivity contribution in [3.05, 3.63) is 84.3 Å². The Labute approximate surface area is 191 Å². The van der Waals surface area contributed by atoms with Gasteiger partial charge in [0.05, 0.1) is 7.11 Å². The molecule has 1 saturated heterocycles. The number of carbonyl (C=O) groups excluding carboxylic acids is 1. The van der Waals surface area contributed by atoms with Crippen molar-refractivity contribution in [2.45, 2.75) is 24.3 Å². The molecule has 1 amide bonds. The van der Waals surface area contributed by atoms with Crippen LogP contribution < -0.4 is 4.74 Å². The molecule has 5 rings (SSSR count). The molecule has 0 N–H and O–H groups in total. The maximum absolute atomic E-state index is 13.2. The fourth-order valence-electron chi connectivity index (χ4n) is 4.34. The third kappa shape index (κ3) is 3.73. The average Bonchev–Trinajstić information content (AvgIpc) is 3.50. The quantitative estimate of drug-likeness (QED) is 0.345. The van der Waals surface area contributed by atoms with Crippen molar-refractivity contribution >= 4 is 28.6 Å². The Morgan fingerprint density at radius 3 is 2.72 bits per heavy atom. The van der Waals surface area contributed by atoms with Gasteiger partial charge in [-0.05, 0) is 42.2 Å². The van der Waals surface area contributed by atoms with E-state index in [1.807, 2.05) is 72.8 Å². The van der Waals surface area contributed by atoms with Crippen LogP contribution in [0.2, 0.25) is 0 Å². The first-order chi connectivity index (χ1) is 15.7. The van der Waals surface area contributed by atoms with Gasteiger partial charge in [0, 0.05) is 12.1 Å². The normalized spacial score (nSPS) is 16.9. The second-order valence-electron chi connectivity index (χ2n) is 7.90. The fourth-order valence-corrected chi connectivity index (χ4v) is 4.61. The molecule has 1 aromatic heterocycles. The average molecular weight is 447 g/mol. The molecule has 3 aromatic carbocycles. The maximum atomic E-state index is 13.2. The predicted octanol–water partition coefficient (Wildman–Crippen LogP) is 6.15. The maximum Gasteiger partial charge on any atom is 0.245 e. The zero-order valence-corrected chi connectivity index (χ0v) is 18.5. The molecule has 0 aliphatic carbocycles. The van der Waals surface area contributed by atoms with E-state index in [-0.39, 0.29) is 11.9 Å². The lowest BCUT2D eigenvalue weighted by Gasteiger charge is -2.24. The van der Waals surface area contributed by atoms with E-state index in [0.29, 0.717) is 18.0 Å². The van der Waals surface area contributed by atoms with Crippen LogP contribution in [-0.4, -0.2) is 29.4 Å². The molecule has 0 bridgehead atoms. The van der Waals surface area contributed by atoms with Crippen molar-refractivity contribution in [2.24, 2.45) is 0 Å². The van der Waals surface area contributed by atoms with Gasteiger partial charge in [0.2, 0.25) is 11.8 Å². The van der Waals surface area contributed by atoms with Crippen LogP contribution in [0.4, 0.5) is 0 Å². The van der Waals surface area contributed by atoms with E-state index in [1.165, 1.54) is 0 Å². The Hall–Kier alpha value is -3.31. The summed E-state index contributed by atoms with van der Waals surface area (Å²) in [6.45, 7) is 0.644. The molecule has 0 radical (unpaired) electrons. The fraction of sp³-hybridized carbons (Fsp3) is 0.231. The van der Waals surface area contributed by atoms with Gasteiger partial charge in [0.15, 0.2) is 5.58 Å². The third-order valence-electron chi connectivity index (χ3n) is 5.95. The van der Waals surface area contributed by atoms with Crippen molar-refractivity contribution in [3.63, 3.8) is 0 Å². The number of rotatable bonds is 5. The Balaban J connectivity index is 1.44. The standard InChI is InChI=1S/C26H23ClN2O3/c1-31-22-12-6-5-10-19(22)18-13-14-23-20(16-18)28-25(32-23)21-11-7-15-29(21)26(30)24(27)17-8-3-2-4-9-17/h2-6,8-10,12-14,16,21,24H,7,11,15H2,1H3/t21-,24-/m0/s1. The van der Waals surface area contributed by atoms with Gasteiger partial charge in [-0.1, -0.05) is 54.6 Å². The third-order valence-corrected chi connectivity index (χ3v) is 6.39. The van der Waals surface area contributed by atoms with Crippen LogP contribution in [-0.2, 0) is 4.79 Å². The number of halogens is 1. The number of fused-ring (bicyclic) bond motifs is 1. The Bertz CT molecular complexity index is 1250. The van der Waals surface area contributed by atoms with Crippen molar-refractivity contribution < 1.29 is 13.9 Å². The summed E-state index contributed by atoms with van der Waals surface area (Å²) in [6.07, 6.45) is 1.69. The second kappa shape index (κ2) is 8.67. The van der Waals surface area contributed by atoms with Crippen LogP contribution in [0.15, 0.2) is 77.2 Å². The van der Waals surface area contributed by atoms with E-state index in [1.54, 1.807) is 12.0 Å². The first-order valence-electron chi connectivity index (χ1n) is 10.7.